The van der Waals surface area contributed by atoms with Gasteiger partial charge in [0.05, 0.1) is 0 Å². The third-order valence-electron chi connectivity index (χ3n) is 1.49. The molecule has 2 amide bonds. The molecular weight excluding hydrogens is 168 g/mol. The Morgan fingerprint density at radius 3 is 2.46 bits per heavy atom. The van der Waals surface area contributed by atoms with Crippen LogP contribution >= 0.6 is 0 Å². The summed E-state index contributed by atoms with van der Waals surface area (Å²) >= 11 is 0. The van der Waals surface area contributed by atoms with E-state index >= 15 is 0 Å². The lowest BCUT2D eigenvalue weighted by molar-refractivity contribution is -0.106. The summed E-state index contributed by atoms with van der Waals surface area (Å²) in [4.78, 5) is 20.2. The highest BCUT2D eigenvalue weighted by molar-refractivity contribution is 5.79. The van der Waals surface area contributed by atoms with E-state index < -0.39 is 0 Å². The van der Waals surface area contributed by atoms with E-state index in [0.717, 1.165) is 0 Å². The lowest BCUT2D eigenvalue weighted by Gasteiger charge is -2.05. The zero-order valence-corrected chi connectivity index (χ0v) is 6.78. The molecule has 0 heterocycles. The fourth-order valence-electron chi connectivity index (χ4n) is 0.903. The summed E-state index contributed by atoms with van der Waals surface area (Å²) in [5.41, 5.74) is 1.50. The number of benzene rings is 1. The molecule has 0 saturated carbocycles. The second kappa shape index (κ2) is 4.25. The molecule has 0 aliphatic rings. The molecule has 2 radical (unpaired) electrons. The zero-order valence-electron chi connectivity index (χ0n) is 6.78. The van der Waals surface area contributed by atoms with Gasteiger partial charge in [-0.05, 0) is 17.7 Å². The van der Waals surface area contributed by atoms with Crippen LogP contribution in [-0.2, 0) is 9.59 Å². The van der Waals surface area contributed by atoms with Gasteiger partial charge in [0.25, 0.3) is 0 Å². The number of nitrogens with one attached hydrogen (secondary N) is 2. The molecular formula is C9H8N2O2. The predicted molar refractivity (Wildman–Crippen MR) is 49.2 cm³/mol. The second-order valence-electron chi connectivity index (χ2n) is 2.33. The Kier molecular flexibility index (Phi) is 3.03. The maximum Gasteiger partial charge on any atom is 0.211 e. The van der Waals surface area contributed by atoms with Crippen molar-refractivity contribution in [3.63, 3.8) is 0 Å². The molecule has 1 aromatic carbocycles. The molecule has 0 aliphatic heterocycles. The number of carbonyl (C=O) groups is 2. The molecule has 0 bridgehead atoms. The van der Waals surface area contributed by atoms with Gasteiger partial charge in [-0.2, -0.15) is 0 Å². The molecule has 1 rings (SSSR count). The van der Waals surface area contributed by atoms with E-state index in [2.05, 4.69) is 10.6 Å². The van der Waals surface area contributed by atoms with E-state index in [1.165, 1.54) is 0 Å². The van der Waals surface area contributed by atoms with Crippen LogP contribution in [0.25, 0.3) is 0 Å². The van der Waals surface area contributed by atoms with Gasteiger partial charge in [-0.15, -0.1) is 0 Å². The van der Waals surface area contributed by atoms with Crippen LogP contribution < -0.4 is 10.6 Å². The van der Waals surface area contributed by atoms with E-state index in [1.54, 1.807) is 18.2 Å². The first-order chi connectivity index (χ1) is 6.27. The molecule has 1 aromatic rings. The van der Waals surface area contributed by atoms with Gasteiger partial charge in [-0.25, -0.2) is 0 Å². The van der Waals surface area contributed by atoms with E-state index in [1.807, 2.05) is 0 Å². The van der Waals surface area contributed by atoms with Crippen molar-refractivity contribution in [1.82, 2.24) is 0 Å². The lowest BCUT2D eigenvalue weighted by Crippen LogP contribution is -1.99. The molecule has 0 saturated heterocycles. The number of rotatable bonds is 4. The summed E-state index contributed by atoms with van der Waals surface area (Å²) in [5.74, 6) is 0. The Balaban J connectivity index is 2.95. The van der Waals surface area contributed by atoms with E-state index in [-0.39, 0.29) is 0 Å². The third-order valence-corrected chi connectivity index (χ3v) is 1.49. The topological polar surface area (TPSA) is 58.2 Å². The maximum atomic E-state index is 10.1. The van der Waals surface area contributed by atoms with Crippen LogP contribution in [0.1, 0.15) is 5.56 Å². The van der Waals surface area contributed by atoms with Gasteiger partial charge in [-0.1, -0.05) is 6.07 Å². The van der Waals surface area contributed by atoms with Crippen molar-refractivity contribution in [2.45, 2.75) is 0 Å². The van der Waals surface area contributed by atoms with Crippen molar-refractivity contribution in [2.75, 3.05) is 10.6 Å². The van der Waals surface area contributed by atoms with Crippen LogP contribution in [0.3, 0.4) is 0 Å². The van der Waals surface area contributed by atoms with Gasteiger partial charge in [0, 0.05) is 18.3 Å². The van der Waals surface area contributed by atoms with Crippen LogP contribution in [0.5, 0.6) is 0 Å². The van der Waals surface area contributed by atoms with Crippen LogP contribution in [0.15, 0.2) is 18.2 Å². The van der Waals surface area contributed by atoms with Crippen molar-refractivity contribution in [1.29, 1.82) is 0 Å². The van der Waals surface area contributed by atoms with Crippen molar-refractivity contribution < 1.29 is 9.59 Å². The van der Waals surface area contributed by atoms with E-state index in [4.69, 9.17) is 6.92 Å². The Hall–Kier alpha value is -1.84. The number of hydrogen-bond acceptors (Lipinski definition) is 2. The fourth-order valence-corrected chi connectivity index (χ4v) is 0.903. The molecule has 0 spiro atoms. The Bertz CT molecular complexity index is 323. The van der Waals surface area contributed by atoms with Gasteiger partial charge in [-0.3, -0.25) is 9.59 Å². The Morgan fingerprint density at radius 1 is 1.15 bits per heavy atom. The maximum absolute atomic E-state index is 10.1. The first-order valence-corrected chi connectivity index (χ1v) is 3.58. The molecule has 0 atom stereocenters. The highest BCUT2D eigenvalue weighted by Crippen LogP contribution is 2.18. The number of anilines is 2. The first-order valence-electron chi connectivity index (χ1n) is 3.58. The highest BCUT2D eigenvalue weighted by Gasteiger charge is 1.98. The summed E-state index contributed by atoms with van der Waals surface area (Å²) in [6.45, 7) is 5.53. The van der Waals surface area contributed by atoms with Crippen LogP contribution in [-0.4, -0.2) is 12.8 Å². The van der Waals surface area contributed by atoms with E-state index in [0.29, 0.717) is 29.8 Å². The quantitative estimate of drug-likeness (QED) is 0.669. The van der Waals surface area contributed by atoms with Crippen molar-refractivity contribution in [3.8, 4) is 0 Å². The molecule has 0 unspecified atom stereocenters. The average molecular weight is 176 g/mol. The minimum absolute atomic E-state index is 0.448. The summed E-state index contributed by atoms with van der Waals surface area (Å²) in [5, 5.41) is 4.85. The third kappa shape index (κ3) is 2.30. The zero-order chi connectivity index (χ0) is 9.68. The minimum atomic E-state index is 0.448. The summed E-state index contributed by atoms with van der Waals surface area (Å²) < 4.78 is 0. The van der Waals surface area contributed by atoms with Crippen molar-refractivity contribution in [2.24, 2.45) is 0 Å². The highest BCUT2D eigenvalue weighted by atomic mass is 16.1. The summed E-state index contributed by atoms with van der Waals surface area (Å²) in [6.07, 6.45) is 1.08. The molecule has 0 aromatic heterocycles. The standard InChI is InChI=1S/C9H8N2O2/c1-7-2-3-8(10-5-12)4-9(7)11-6-13/h1-6H,(H,10,12)(H,11,13). The SMILES string of the molecule is [CH]c1ccc(NC=O)cc1NC=O. The Labute approximate surface area is 75.9 Å². The fraction of sp³-hybridized carbons (Fsp3) is 0. The molecule has 4 heteroatoms. The van der Waals surface area contributed by atoms with Gasteiger partial charge >= 0.3 is 0 Å². The van der Waals surface area contributed by atoms with E-state index in [9.17, 15) is 9.59 Å². The average Bonchev–Trinajstić information content (AvgIpc) is 2.12. The molecule has 2 N–H and O–H groups in total. The van der Waals surface area contributed by atoms with Gasteiger partial charge < -0.3 is 10.6 Å². The van der Waals surface area contributed by atoms with Crippen LogP contribution in [0.4, 0.5) is 11.4 Å². The summed E-state index contributed by atoms with van der Waals surface area (Å²) in [7, 11) is 0. The largest absolute Gasteiger partial charge is 0.329 e. The predicted octanol–water partition coefficient (Wildman–Crippen LogP) is 0.882. The molecule has 0 fully saturated rings. The van der Waals surface area contributed by atoms with Crippen molar-refractivity contribution >= 4 is 24.2 Å². The Morgan fingerprint density at radius 2 is 1.85 bits per heavy atom. The van der Waals surface area contributed by atoms with Gasteiger partial charge in [0.2, 0.25) is 12.8 Å². The normalized spacial score (nSPS) is 9.00. The molecule has 66 valence electrons. The molecule has 4 nitrogen and oxygen atoms in total. The van der Waals surface area contributed by atoms with Gasteiger partial charge in [0.1, 0.15) is 0 Å². The molecule has 0 aliphatic carbocycles. The number of hydrogen-bond donors (Lipinski definition) is 2. The molecule has 13 heavy (non-hydrogen) atoms. The number of amides is 2. The van der Waals surface area contributed by atoms with Crippen molar-refractivity contribution in [3.05, 3.63) is 30.7 Å². The monoisotopic (exact) mass is 176 g/mol. The lowest BCUT2D eigenvalue weighted by atomic mass is 10.2. The number of carbonyl (C=O) groups excluding carboxylic acids is 2. The second-order valence-corrected chi connectivity index (χ2v) is 2.33. The summed E-state index contributed by atoms with van der Waals surface area (Å²) in [6, 6.07) is 4.80. The first kappa shape index (κ1) is 9.25. The minimum Gasteiger partial charge on any atom is -0.329 e. The van der Waals surface area contributed by atoms with Gasteiger partial charge in [0.15, 0.2) is 0 Å². The smallest absolute Gasteiger partial charge is 0.211 e. The van der Waals surface area contributed by atoms with Crippen LogP contribution in [0, 0.1) is 6.92 Å². The van der Waals surface area contributed by atoms with Crippen LogP contribution in [0.2, 0.25) is 0 Å².